The highest BCUT2D eigenvalue weighted by atomic mass is 32.1. The molecule has 1 saturated heterocycles. The van der Waals surface area contributed by atoms with Gasteiger partial charge in [-0.1, -0.05) is 18.2 Å². The lowest BCUT2D eigenvalue weighted by Gasteiger charge is -2.28. The van der Waals surface area contributed by atoms with E-state index in [4.69, 9.17) is 21.7 Å². The molecule has 0 aliphatic carbocycles. The first-order chi connectivity index (χ1) is 13.5. The van der Waals surface area contributed by atoms with Gasteiger partial charge in [0.1, 0.15) is 5.57 Å². The summed E-state index contributed by atoms with van der Waals surface area (Å²) in [7, 11) is 0. The second-order valence-electron chi connectivity index (χ2n) is 5.81. The minimum atomic E-state index is -0.742. The molecule has 9 nitrogen and oxygen atoms in total. The first-order valence-electron chi connectivity index (χ1n) is 8.00. The van der Waals surface area contributed by atoms with E-state index in [1.54, 1.807) is 30.3 Å². The number of anilines is 1. The minimum absolute atomic E-state index is 0.0357. The van der Waals surface area contributed by atoms with Gasteiger partial charge in [0.2, 0.25) is 6.79 Å². The molecular weight excluding hydrogens is 386 g/mol. The van der Waals surface area contributed by atoms with Crippen molar-refractivity contribution >= 4 is 46.6 Å². The smallest absolute Gasteiger partial charge is 0.280 e. The standard InChI is InChI=1S/C18H11N3O6S/c22-16-12(17(23)20(18(28)19-16)11-4-2-1-3-5-11)6-10-7-14-15(27-9-26-14)8-13(10)21(24)25/h1-8H,9H2,(H,19,22,28)/b12-6-. The number of nitro groups is 1. The first kappa shape index (κ1) is 17.6. The summed E-state index contributed by atoms with van der Waals surface area (Å²) in [5, 5.41) is 13.8. The maximum absolute atomic E-state index is 12.9. The van der Waals surface area contributed by atoms with Crippen LogP contribution in [0.25, 0.3) is 6.08 Å². The lowest BCUT2D eigenvalue weighted by atomic mass is 10.0. The Balaban J connectivity index is 1.81. The number of carbonyl (C=O) groups is 2. The Hall–Kier alpha value is -3.79. The van der Waals surface area contributed by atoms with E-state index in [2.05, 4.69) is 5.32 Å². The second kappa shape index (κ2) is 6.74. The van der Waals surface area contributed by atoms with E-state index in [-0.39, 0.29) is 40.2 Å². The van der Waals surface area contributed by atoms with Crippen molar-refractivity contribution < 1.29 is 24.0 Å². The molecule has 28 heavy (non-hydrogen) atoms. The number of nitrogens with zero attached hydrogens (tertiary/aromatic N) is 2. The van der Waals surface area contributed by atoms with Crippen molar-refractivity contribution in [3.8, 4) is 11.5 Å². The monoisotopic (exact) mass is 397 g/mol. The average molecular weight is 397 g/mol. The van der Waals surface area contributed by atoms with E-state index in [1.165, 1.54) is 12.1 Å². The summed E-state index contributed by atoms with van der Waals surface area (Å²) >= 11 is 5.11. The van der Waals surface area contributed by atoms with Gasteiger partial charge in [0.25, 0.3) is 17.5 Å². The minimum Gasteiger partial charge on any atom is -0.454 e. The van der Waals surface area contributed by atoms with Crippen molar-refractivity contribution in [1.29, 1.82) is 0 Å². The topological polar surface area (TPSA) is 111 Å². The Labute approximate surface area is 163 Å². The Bertz CT molecular complexity index is 1070. The fourth-order valence-corrected chi connectivity index (χ4v) is 3.13. The predicted molar refractivity (Wildman–Crippen MR) is 102 cm³/mol. The summed E-state index contributed by atoms with van der Waals surface area (Å²) < 4.78 is 10.4. The molecule has 2 aliphatic rings. The molecule has 2 aromatic rings. The zero-order valence-electron chi connectivity index (χ0n) is 14.1. The predicted octanol–water partition coefficient (Wildman–Crippen LogP) is 2.15. The maximum Gasteiger partial charge on any atom is 0.280 e. The SMILES string of the molecule is O=C1NC(=S)N(c2ccccc2)C(=O)/C1=C\c1cc2c(cc1[N+](=O)[O-])OCO2. The lowest BCUT2D eigenvalue weighted by molar-refractivity contribution is -0.385. The largest absolute Gasteiger partial charge is 0.454 e. The second-order valence-corrected chi connectivity index (χ2v) is 6.20. The van der Waals surface area contributed by atoms with Gasteiger partial charge in [-0.2, -0.15) is 0 Å². The van der Waals surface area contributed by atoms with Crippen LogP contribution in [0.15, 0.2) is 48.0 Å². The van der Waals surface area contributed by atoms with Crippen LogP contribution in [0.4, 0.5) is 11.4 Å². The van der Waals surface area contributed by atoms with Crippen LogP contribution in [0.2, 0.25) is 0 Å². The molecular formula is C18H11N3O6S. The van der Waals surface area contributed by atoms with Gasteiger partial charge in [0.05, 0.1) is 22.2 Å². The molecule has 0 spiro atoms. The molecule has 2 amide bonds. The molecule has 4 rings (SSSR count). The quantitative estimate of drug-likeness (QED) is 0.278. The van der Waals surface area contributed by atoms with Crippen molar-refractivity contribution in [2.24, 2.45) is 0 Å². The zero-order chi connectivity index (χ0) is 19.8. The molecule has 0 aromatic heterocycles. The third-order valence-corrected chi connectivity index (χ3v) is 4.42. The van der Waals surface area contributed by atoms with Crippen molar-refractivity contribution in [2.45, 2.75) is 0 Å². The van der Waals surface area contributed by atoms with Gasteiger partial charge in [-0.3, -0.25) is 29.9 Å². The van der Waals surface area contributed by atoms with Crippen molar-refractivity contribution in [3.63, 3.8) is 0 Å². The van der Waals surface area contributed by atoms with E-state index < -0.39 is 16.7 Å². The van der Waals surface area contributed by atoms with E-state index in [1.807, 2.05) is 0 Å². The van der Waals surface area contributed by atoms with Crippen LogP contribution < -0.4 is 19.7 Å². The van der Waals surface area contributed by atoms with Gasteiger partial charge in [0.15, 0.2) is 16.6 Å². The van der Waals surface area contributed by atoms with Crippen LogP contribution in [0.3, 0.4) is 0 Å². The number of ether oxygens (including phenoxy) is 2. The molecule has 2 aliphatic heterocycles. The Morgan fingerprint density at radius 2 is 1.82 bits per heavy atom. The average Bonchev–Trinajstić information content (AvgIpc) is 3.12. The van der Waals surface area contributed by atoms with Crippen molar-refractivity contribution in [3.05, 3.63) is 63.7 Å². The van der Waals surface area contributed by atoms with E-state index >= 15 is 0 Å². The number of nitro benzene ring substituents is 1. The fourth-order valence-electron chi connectivity index (χ4n) is 2.85. The summed E-state index contributed by atoms with van der Waals surface area (Å²) in [5.41, 5.74) is -0.117. The number of thiocarbonyl (C=S) groups is 1. The summed E-state index contributed by atoms with van der Waals surface area (Å²) in [5.74, 6) is -0.919. The van der Waals surface area contributed by atoms with Gasteiger partial charge in [-0.25, -0.2) is 0 Å². The molecule has 0 saturated carbocycles. The Morgan fingerprint density at radius 3 is 2.50 bits per heavy atom. The highest BCUT2D eigenvalue weighted by Gasteiger charge is 2.35. The Morgan fingerprint density at radius 1 is 1.14 bits per heavy atom. The summed E-state index contributed by atoms with van der Waals surface area (Å²) in [4.78, 5) is 37.3. The van der Waals surface area contributed by atoms with Gasteiger partial charge >= 0.3 is 0 Å². The summed E-state index contributed by atoms with van der Waals surface area (Å²) in [6.45, 7) is -0.0675. The van der Waals surface area contributed by atoms with Crippen molar-refractivity contribution in [1.82, 2.24) is 5.32 Å². The van der Waals surface area contributed by atoms with Gasteiger partial charge < -0.3 is 9.47 Å². The van der Waals surface area contributed by atoms with Crippen molar-refractivity contribution in [2.75, 3.05) is 11.7 Å². The highest BCUT2D eigenvalue weighted by molar-refractivity contribution is 7.80. The normalized spacial score (nSPS) is 17.1. The number of amides is 2. The molecule has 0 unspecified atom stereocenters. The molecule has 2 heterocycles. The number of carbonyl (C=O) groups excluding carboxylic acids is 2. The van der Waals surface area contributed by atoms with Crippen LogP contribution in [0.1, 0.15) is 5.56 Å². The highest BCUT2D eigenvalue weighted by Crippen LogP contribution is 2.39. The number of fused-ring (bicyclic) bond motifs is 1. The van der Waals surface area contributed by atoms with Crippen LogP contribution in [-0.4, -0.2) is 28.6 Å². The van der Waals surface area contributed by atoms with Gasteiger partial charge in [-0.05, 0) is 36.5 Å². The summed E-state index contributed by atoms with van der Waals surface area (Å²) in [6, 6.07) is 11.1. The number of benzene rings is 2. The fraction of sp³-hybridized carbons (Fsp3) is 0.0556. The number of hydrogen-bond donors (Lipinski definition) is 1. The molecule has 0 radical (unpaired) electrons. The van der Waals surface area contributed by atoms with Gasteiger partial charge in [0, 0.05) is 0 Å². The van der Waals surface area contributed by atoms with E-state index in [9.17, 15) is 19.7 Å². The molecule has 0 atom stereocenters. The molecule has 2 aromatic carbocycles. The van der Waals surface area contributed by atoms with E-state index in [0.717, 1.165) is 11.0 Å². The van der Waals surface area contributed by atoms with E-state index in [0.29, 0.717) is 5.69 Å². The molecule has 1 fully saturated rings. The maximum atomic E-state index is 12.9. The van der Waals surface area contributed by atoms with Crippen LogP contribution >= 0.6 is 12.2 Å². The van der Waals surface area contributed by atoms with Crippen LogP contribution in [0.5, 0.6) is 11.5 Å². The summed E-state index contributed by atoms with van der Waals surface area (Å²) in [6.07, 6.45) is 1.15. The first-order valence-corrected chi connectivity index (χ1v) is 8.41. The zero-order valence-corrected chi connectivity index (χ0v) is 14.9. The molecule has 1 N–H and O–H groups in total. The van der Waals surface area contributed by atoms with Gasteiger partial charge in [-0.15, -0.1) is 0 Å². The molecule has 0 bridgehead atoms. The number of rotatable bonds is 3. The molecule has 140 valence electrons. The number of hydrogen-bond acceptors (Lipinski definition) is 7. The number of nitrogens with one attached hydrogen (secondary N) is 1. The number of para-hydroxylation sites is 1. The third-order valence-electron chi connectivity index (χ3n) is 4.13. The lowest BCUT2D eigenvalue weighted by Crippen LogP contribution is -2.54. The van der Waals surface area contributed by atoms with Crippen LogP contribution in [0, 0.1) is 10.1 Å². The van der Waals surface area contributed by atoms with Crippen LogP contribution in [-0.2, 0) is 9.59 Å². The third kappa shape index (κ3) is 2.95. The Kier molecular flexibility index (Phi) is 4.24. The molecule has 10 heteroatoms.